The van der Waals surface area contributed by atoms with Gasteiger partial charge in [0.25, 0.3) is 5.91 Å². The lowest BCUT2D eigenvalue weighted by molar-refractivity contribution is -0.136. The number of carbonyl (C=O) groups excluding carboxylic acids is 1. The molecule has 2 N–H and O–H groups in total. The zero-order valence-electron chi connectivity index (χ0n) is 10.9. The summed E-state index contributed by atoms with van der Waals surface area (Å²) in [7, 11) is 1.38. The molecule has 1 aromatic carbocycles. The van der Waals surface area contributed by atoms with Crippen LogP contribution in [-0.2, 0) is 6.18 Å². The van der Waals surface area contributed by atoms with E-state index in [9.17, 15) is 18.0 Å². The van der Waals surface area contributed by atoms with Crippen molar-refractivity contribution in [2.75, 3.05) is 17.7 Å². The number of rotatable bonds is 3. The van der Waals surface area contributed by atoms with Gasteiger partial charge in [-0.1, -0.05) is 0 Å². The lowest BCUT2D eigenvalue weighted by atomic mass is 10.1. The molecular weight excluding hydrogens is 285 g/mol. The average Bonchev–Trinajstić information content (AvgIpc) is 2.46. The van der Waals surface area contributed by atoms with Gasteiger partial charge in [-0.3, -0.25) is 10.1 Å². The first-order valence-corrected chi connectivity index (χ1v) is 5.89. The number of hydrogen-bond donors (Lipinski definition) is 2. The Labute approximate surface area is 118 Å². The zero-order chi connectivity index (χ0) is 15.5. The van der Waals surface area contributed by atoms with Gasteiger partial charge in [-0.2, -0.15) is 13.2 Å². The normalized spacial score (nSPS) is 11.0. The number of nitrogens with zero attached hydrogens (tertiary/aromatic N) is 2. The molecule has 0 aliphatic rings. The van der Waals surface area contributed by atoms with Gasteiger partial charge in [0.2, 0.25) is 5.95 Å². The molecule has 0 fully saturated rings. The average molecular weight is 296 g/mol. The summed E-state index contributed by atoms with van der Waals surface area (Å²) in [5, 5.41) is 4.77. The molecule has 0 unspecified atom stereocenters. The minimum absolute atomic E-state index is 0.0220. The quantitative estimate of drug-likeness (QED) is 0.914. The highest BCUT2D eigenvalue weighted by atomic mass is 19.4. The third kappa shape index (κ3) is 3.47. The van der Waals surface area contributed by atoms with E-state index in [-0.39, 0.29) is 17.2 Å². The fourth-order valence-electron chi connectivity index (χ4n) is 1.68. The van der Waals surface area contributed by atoms with Gasteiger partial charge in [0, 0.05) is 30.7 Å². The van der Waals surface area contributed by atoms with Gasteiger partial charge in [-0.05, 0) is 24.3 Å². The summed E-state index contributed by atoms with van der Waals surface area (Å²) >= 11 is 0. The number of halogens is 3. The molecule has 2 aromatic rings. The zero-order valence-corrected chi connectivity index (χ0v) is 10.9. The minimum Gasteiger partial charge on any atom is -0.388 e. The highest BCUT2D eigenvalue weighted by Gasteiger charge is 2.34. The Morgan fingerprint density at radius 2 is 1.86 bits per heavy atom. The van der Waals surface area contributed by atoms with Gasteiger partial charge >= 0.3 is 6.18 Å². The summed E-state index contributed by atoms with van der Waals surface area (Å²) in [5.41, 5.74) is -1.14. The second-order valence-corrected chi connectivity index (χ2v) is 4.03. The van der Waals surface area contributed by atoms with Crippen LogP contribution in [0.2, 0.25) is 0 Å². The van der Waals surface area contributed by atoms with E-state index in [0.29, 0.717) is 0 Å². The van der Waals surface area contributed by atoms with Gasteiger partial charge in [0.1, 0.15) is 0 Å². The summed E-state index contributed by atoms with van der Waals surface area (Å²) in [6, 6.07) is 4.83. The fraction of sp³-hybridized carbons (Fsp3) is 0.154. The minimum atomic E-state index is -4.56. The molecule has 0 atom stereocenters. The van der Waals surface area contributed by atoms with E-state index in [1.165, 1.54) is 31.6 Å². The van der Waals surface area contributed by atoms with E-state index in [0.717, 1.165) is 6.07 Å². The van der Waals surface area contributed by atoms with E-state index < -0.39 is 17.6 Å². The number of nitrogens with one attached hydrogen (secondary N) is 2. The molecule has 1 heterocycles. The van der Waals surface area contributed by atoms with E-state index in [1.54, 1.807) is 6.07 Å². The Kier molecular flexibility index (Phi) is 4.06. The van der Waals surface area contributed by atoms with Crippen LogP contribution in [0.4, 0.5) is 24.8 Å². The topological polar surface area (TPSA) is 66.9 Å². The summed E-state index contributed by atoms with van der Waals surface area (Å²) < 4.78 is 38.7. The Morgan fingerprint density at radius 3 is 2.43 bits per heavy atom. The molecule has 1 aromatic heterocycles. The first kappa shape index (κ1) is 14.8. The molecule has 0 saturated heterocycles. The van der Waals surface area contributed by atoms with E-state index in [4.69, 9.17) is 0 Å². The SMILES string of the molecule is CNc1ccc(C(=O)Nc2ncccn2)cc1C(F)(F)F. The molecule has 0 aliphatic heterocycles. The van der Waals surface area contributed by atoms with Crippen LogP contribution in [0.5, 0.6) is 0 Å². The van der Waals surface area contributed by atoms with Gasteiger partial charge in [-0.25, -0.2) is 9.97 Å². The van der Waals surface area contributed by atoms with Crippen LogP contribution >= 0.6 is 0 Å². The van der Waals surface area contributed by atoms with Crippen LogP contribution in [0.3, 0.4) is 0 Å². The van der Waals surface area contributed by atoms with E-state index >= 15 is 0 Å². The third-order valence-electron chi connectivity index (χ3n) is 2.65. The van der Waals surface area contributed by atoms with Crippen molar-refractivity contribution in [2.24, 2.45) is 0 Å². The number of amides is 1. The Hall–Kier alpha value is -2.64. The third-order valence-corrected chi connectivity index (χ3v) is 2.65. The molecule has 5 nitrogen and oxygen atoms in total. The van der Waals surface area contributed by atoms with Crippen LogP contribution in [0.25, 0.3) is 0 Å². The van der Waals surface area contributed by atoms with E-state index in [1.807, 2.05) is 0 Å². The van der Waals surface area contributed by atoms with Gasteiger partial charge in [-0.15, -0.1) is 0 Å². The first-order valence-electron chi connectivity index (χ1n) is 5.89. The number of alkyl halides is 3. The van der Waals surface area contributed by atoms with Crippen LogP contribution in [0.1, 0.15) is 15.9 Å². The monoisotopic (exact) mass is 296 g/mol. The van der Waals surface area contributed by atoms with Crippen molar-refractivity contribution in [2.45, 2.75) is 6.18 Å². The van der Waals surface area contributed by atoms with Crippen LogP contribution in [0, 0.1) is 0 Å². The fourth-order valence-corrected chi connectivity index (χ4v) is 1.68. The maximum Gasteiger partial charge on any atom is 0.418 e. The first-order chi connectivity index (χ1) is 9.91. The predicted molar refractivity (Wildman–Crippen MR) is 71.0 cm³/mol. The summed E-state index contributed by atoms with van der Waals surface area (Å²) in [4.78, 5) is 19.5. The Bertz CT molecular complexity index is 644. The summed E-state index contributed by atoms with van der Waals surface area (Å²) in [6.45, 7) is 0. The van der Waals surface area contributed by atoms with Crippen molar-refractivity contribution in [3.63, 3.8) is 0 Å². The number of hydrogen-bond acceptors (Lipinski definition) is 4. The maximum atomic E-state index is 12.9. The van der Waals surface area contributed by atoms with Crippen LogP contribution < -0.4 is 10.6 Å². The molecule has 1 amide bonds. The number of benzene rings is 1. The lowest BCUT2D eigenvalue weighted by Gasteiger charge is -2.13. The molecular formula is C13H11F3N4O. The largest absolute Gasteiger partial charge is 0.418 e. The van der Waals surface area contributed by atoms with Crippen molar-refractivity contribution < 1.29 is 18.0 Å². The maximum absolute atomic E-state index is 12.9. The van der Waals surface area contributed by atoms with Crippen molar-refractivity contribution in [1.82, 2.24) is 9.97 Å². The van der Waals surface area contributed by atoms with E-state index in [2.05, 4.69) is 20.6 Å². The Balaban J connectivity index is 2.30. The second-order valence-electron chi connectivity index (χ2n) is 4.03. The van der Waals surface area contributed by atoms with Crippen molar-refractivity contribution in [3.8, 4) is 0 Å². The highest BCUT2D eigenvalue weighted by molar-refractivity contribution is 6.03. The number of aromatic nitrogens is 2. The highest BCUT2D eigenvalue weighted by Crippen LogP contribution is 2.35. The Morgan fingerprint density at radius 1 is 1.19 bits per heavy atom. The van der Waals surface area contributed by atoms with Gasteiger partial charge < -0.3 is 5.32 Å². The summed E-state index contributed by atoms with van der Waals surface area (Å²) in [5.74, 6) is -0.692. The standard InChI is InChI=1S/C13H11F3N4O/c1-17-10-4-3-8(7-9(10)13(14,15)16)11(21)20-12-18-5-2-6-19-12/h2-7,17H,1H3,(H,18,19,20,21). The molecule has 21 heavy (non-hydrogen) atoms. The van der Waals surface area contributed by atoms with Crippen molar-refractivity contribution >= 4 is 17.5 Å². The van der Waals surface area contributed by atoms with Gasteiger partial charge in [0.15, 0.2) is 0 Å². The molecule has 0 bridgehead atoms. The molecule has 2 rings (SSSR count). The van der Waals surface area contributed by atoms with Crippen molar-refractivity contribution in [1.29, 1.82) is 0 Å². The number of anilines is 2. The smallest absolute Gasteiger partial charge is 0.388 e. The second kappa shape index (κ2) is 5.78. The van der Waals surface area contributed by atoms with Crippen molar-refractivity contribution in [3.05, 3.63) is 47.8 Å². The molecule has 0 aliphatic carbocycles. The van der Waals surface area contributed by atoms with Gasteiger partial charge in [0.05, 0.1) is 5.56 Å². The molecule has 0 saturated carbocycles. The molecule has 0 radical (unpaired) electrons. The molecule has 8 heteroatoms. The summed E-state index contributed by atoms with van der Waals surface area (Å²) in [6.07, 6.45) is -1.74. The number of carbonyl (C=O) groups is 1. The molecule has 110 valence electrons. The van der Waals surface area contributed by atoms with Crippen LogP contribution in [0.15, 0.2) is 36.7 Å². The predicted octanol–water partition coefficient (Wildman–Crippen LogP) is 2.79. The van der Waals surface area contributed by atoms with Crippen LogP contribution in [-0.4, -0.2) is 22.9 Å². The molecule has 0 spiro atoms. The lowest BCUT2D eigenvalue weighted by Crippen LogP contribution is -2.16.